The standard InChI is InChI=1S/C19H24ClN5O5S/c1-21-19(26)18-15(11-17(20)23-24-18)22-14-7-6-13(30-9-8-29-12-4-5-12)10-16(14)25(2)31(3,27)28/h6-7,10-12H,4-5,8-9H2,1-3H3,(H,21,26)(H,22,23)/i1D3. The van der Waals surface area contributed by atoms with E-state index in [2.05, 4.69) is 15.5 Å². The quantitative estimate of drug-likeness (QED) is 0.504. The molecule has 12 heteroatoms. The first-order valence-electron chi connectivity index (χ1n) is 10.8. The molecule has 0 saturated heterocycles. The maximum atomic E-state index is 12.4. The molecule has 1 amide bonds. The number of nitrogens with one attached hydrogen (secondary N) is 2. The number of amides is 1. The number of rotatable bonds is 10. The van der Waals surface area contributed by atoms with Gasteiger partial charge in [0.05, 0.1) is 36.0 Å². The minimum atomic E-state index is -3.67. The van der Waals surface area contributed by atoms with E-state index in [0.29, 0.717) is 18.5 Å². The molecule has 2 aromatic rings. The van der Waals surface area contributed by atoms with Gasteiger partial charge in [-0.05, 0) is 25.0 Å². The zero-order valence-corrected chi connectivity index (χ0v) is 18.5. The van der Waals surface area contributed by atoms with Gasteiger partial charge in [-0.15, -0.1) is 10.2 Å². The minimum absolute atomic E-state index is 0.0244. The van der Waals surface area contributed by atoms with Crippen molar-refractivity contribution in [2.75, 3.05) is 43.1 Å². The molecule has 1 aliphatic carbocycles. The van der Waals surface area contributed by atoms with E-state index >= 15 is 0 Å². The van der Waals surface area contributed by atoms with Crippen LogP contribution in [0.3, 0.4) is 0 Å². The van der Waals surface area contributed by atoms with Gasteiger partial charge in [-0.25, -0.2) is 8.42 Å². The molecule has 0 aliphatic heterocycles. The number of hydrogen-bond donors (Lipinski definition) is 2. The van der Waals surface area contributed by atoms with Crippen LogP contribution >= 0.6 is 11.6 Å². The van der Waals surface area contributed by atoms with E-state index < -0.39 is 22.9 Å². The average Bonchev–Trinajstić information content (AvgIpc) is 3.54. The topological polar surface area (TPSA) is 123 Å². The molecule has 1 heterocycles. The van der Waals surface area contributed by atoms with Crippen LogP contribution in [0.5, 0.6) is 5.75 Å². The Hall–Kier alpha value is -2.63. The first kappa shape index (κ1) is 19.1. The zero-order chi connectivity index (χ0) is 25.1. The Balaban J connectivity index is 1.90. The molecule has 31 heavy (non-hydrogen) atoms. The maximum Gasteiger partial charge on any atom is 0.273 e. The van der Waals surface area contributed by atoms with Crippen LogP contribution in [0.1, 0.15) is 27.4 Å². The number of benzene rings is 1. The molecule has 2 N–H and O–H groups in total. The molecule has 168 valence electrons. The Morgan fingerprint density at radius 1 is 1.29 bits per heavy atom. The van der Waals surface area contributed by atoms with E-state index in [4.69, 9.17) is 25.2 Å². The van der Waals surface area contributed by atoms with Gasteiger partial charge in [-0.1, -0.05) is 11.6 Å². The van der Waals surface area contributed by atoms with E-state index in [-0.39, 0.29) is 34.5 Å². The highest BCUT2D eigenvalue weighted by molar-refractivity contribution is 7.92. The van der Waals surface area contributed by atoms with Gasteiger partial charge in [-0.2, -0.15) is 0 Å². The van der Waals surface area contributed by atoms with Gasteiger partial charge in [0, 0.05) is 30.3 Å². The number of aromatic nitrogens is 2. The molecular formula is C19H24ClN5O5S. The van der Waals surface area contributed by atoms with Crippen molar-refractivity contribution in [1.82, 2.24) is 15.5 Å². The van der Waals surface area contributed by atoms with Crippen molar-refractivity contribution in [2.24, 2.45) is 0 Å². The van der Waals surface area contributed by atoms with E-state index in [1.165, 1.54) is 19.2 Å². The summed E-state index contributed by atoms with van der Waals surface area (Å²) >= 11 is 5.92. The van der Waals surface area contributed by atoms with Gasteiger partial charge in [0.1, 0.15) is 12.4 Å². The van der Waals surface area contributed by atoms with Crippen molar-refractivity contribution in [1.29, 1.82) is 0 Å². The number of hydrogen-bond acceptors (Lipinski definition) is 8. The molecule has 3 rings (SSSR count). The number of carbonyl (C=O) groups excluding carboxylic acids is 1. The normalized spacial score (nSPS) is 15.4. The van der Waals surface area contributed by atoms with Gasteiger partial charge in [0.2, 0.25) is 10.0 Å². The first-order chi connectivity index (χ1) is 15.8. The summed E-state index contributed by atoms with van der Waals surface area (Å²) in [7, 11) is -2.31. The van der Waals surface area contributed by atoms with Gasteiger partial charge < -0.3 is 20.1 Å². The Bertz CT molecular complexity index is 1160. The summed E-state index contributed by atoms with van der Waals surface area (Å²) in [5.41, 5.74) is 0.155. The molecule has 0 spiro atoms. The fraction of sp³-hybridized carbons (Fsp3) is 0.421. The van der Waals surface area contributed by atoms with Gasteiger partial charge >= 0.3 is 0 Å². The molecule has 10 nitrogen and oxygen atoms in total. The molecule has 0 atom stereocenters. The lowest BCUT2D eigenvalue weighted by Gasteiger charge is -2.22. The highest BCUT2D eigenvalue weighted by Crippen LogP contribution is 2.34. The third kappa shape index (κ3) is 6.18. The molecule has 0 radical (unpaired) electrons. The Labute approximate surface area is 190 Å². The monoisotopic (exact) mass is 472 g/mol. The molecule has 1 aromatic heterocycles. The van der Waals surface area contributed by atoms with Crippen LogP contribution in [0.4, 0.5) is 17.1 Å². The zero-order valence-electron chi connectivity index (χ0n) is 19.9. The molecule has 1 aliphatic rings. The van der Waals surface area contributed by atoms with Crippen molar-refractivity contribution in [3.05, 3.63) is 35.1 Å². The molecule has 1 aromatic carbocycles. The summed E-state index contributed by atoms with van der Waals surface area (Å²) in [5.74, 6) is -0.609. The predicted octanol–water partition coefficient (Wildman–Crippen LogP) is 2.19. The second-order valence-electron chi connectivity index (χ2n) is 6.84. The number of halogens is 1. The van der Waals surface area contributed by atoms with Crippen molar-refractivity contribution >= 4 is 44.6 Å². The van der Waals surface area contributed by atoms with E-state index in [9.17, 15) is 13.2 Å². The lowest BCUT2D eigenvalue weighted by molar-refractivity contribution is 0.0881. The average molecular weight is 473 g/mol. The van der Waals surface area contributed by atoms with Crippen molar-refractivity contribution in [3.8, 4) is 5.75 Å². The summed E-state index contributed by atoms with van der Waals surface area (Å²) in [6.45, 7) is -2.06. The summed E-state index contributed by atoms with van der Waals surface area (Å²) in [6, 6.07) is 5.94. The Morgan fingerprint density at radius 3 is 2.74 bits per heavy atom. The molecule has 1 fully saturated rings. The van der Waals surface area contributed by atoms with Crippen LogP contribution in [0.2, 0.25) is 5.15 Å². The number of sulfonamides is 1. The SMILES string of the molecule is [2H]C([2H])([2H])NC(=O)c1nnc(Cl)cc1Nc1ccc(OCCOC2CC2)cc1N(C)S(C)(=O)=O. The maximum absolute atomic E-state index is 12.4. The molecular weight excluding hydrogens is 446 g/mol. The highest BCUT2D eigenvalue weighted by Gasteiger charge is 2.22. The number of carbonyl (C=O) groups is 1. The number of ether oxygens (including phenoxy) is 2. The van der Waals surface area contributed by atoms with Crippen LogP contribution in [-0.2, 0) is 14.8 Å². The smallest absolute Gasteiger partial charge is 0.273 e. The summed E-state index contributed by atoms with van der Waals surface area (Å²) in [5, 5.41) is 11.9. The first-order valence-corrected chi connectivity index (χ1v) is 11.5. The van der Waals surface area contributed by atoms with E-state index in [0.717, 1.165) is 23.4 Å². The second-order valence-corrected chi connectivity index (χ2v) is 9.24. The van der Waals surface area contributed by atoms with E-state index in [1.54, 1.807) is 12.1 Å². The molecule has 0 unspecified atom stereocenters. The Morgan fingerprint density at radius 2 is 2.06 bits per heavy atom. The lowest BCUT2D eigenvalue weighted by atomic mass is 10.2. The van der Waals surface area contributed by atoms with E-state index in [1.807, 2.05) is 5.32 Å². The summed E-state index contributed by atoms with van der Waals surface area (Å²) < 4.78 is 58.4. The van der Waals surface area contributed by atoms with Crippen LogP contribution < -0.4 is 19.7 Å². The van der Waals surface area contributed by atoms with Crippen LogP contribution in [0, 0.1) is 0 Å². The third-order valence-corrected chi connectivity index (χ3v) is 5.77. The molecule has 0 bridgehead atoms. The second kappa shape index (κ2) is 9.67. The molecule has 1 saturated carbocycles. The largest absolute Gasteiger partial charge is 0.491 e. The minimum Gasteiger partial charge on any atom is -0.491 e. The van der Waals surface area contributed by atoms with Gasteiger partial charge in [-0.3, -0.25) is 9.10 Å². The summed E-state index contributed by atoms with van der Waals surface area (Å²) in [4.78, 5) is 12.4. The third-order valence-electron chi connectivity index (χ3n) is 4.40. The predicted molar refractivity (Wildman–Crippen MR) is 118 cm³/mol. The lowest BCUT2D eigenvalue weighted by Crippen LogP contribution is -2.26. The van der Waals surface area contributed by atoms with Crippen molar-refractivity contribution in [3.63, 3.8) is 0 Å². The van der Waals surface area contributed by atoms with Gasteiger partial charge in [0.15, 0.2) is 10.8 Å². The number of nitrogens with zero attached hydrogens (tertiary/aromatic N) is 3. The summed E-state index contributed by atoms with van der Waals surface area (Å²) in [6.07, 6.45) is 3.42. The van der Waals surface area contributed by atoms with Crippen molar-refractivity contribution < 1.29 is 26.8 Å². The number of anilines is 3. The highest BCUT2D eigenvalue weighted by atomic mass is 35.5. The van der Waals surface area contributed by atoms with Crippen LogP contribution in [-0.4, -0.2) is 64.1 Å². The van der Waals surface area contributed by atoms with Crippen LogP contribution in [0.25, 0.3) is 0 Å². The fourth-order valence-corrected chi connectivity index (χ4v) is 3.25. The van der Waals surface area contributed by atoms with Gasteiger partial charge in [0.25, 0.3) is 5.91 Å². The van der Waals surface area contributed by atoms with Crippen molar-refractivity contribution in [2.45, 2.75) is 18.9 Å². The Kier molecular flexibility index (Phi) is 5.95. The van der Waals surface area contributed by atoms with Crippen LogP contribution in [0.15, 0.2) is 24.3 Å². The fourth-order valence-electron chi connectivity index (χ4n) is 2.59.